The van der Waals surface area contributed by atoms with Gasteiger partial charge < -0.3 is 51.2 Å². The van der Waals surface area contributed by atoms with E-state index in [0.717, 1.165) is 10.9 Å². The number of anilines is 2. The van der Waals surface area contributed by atoms with Gasteiger partial charge in [-0.3, -0.25) is 27.5 Å². The van der Waals surface area contributed by atoms with Crippen molar-refractivity contribution >= 4 is 44.4 Å². The molecule has 2 aliphatic rings. The summed E-state index contributed by atoms with van der Waals surface area (Å²) in [6, 6.07) is 0.106. The molecule has 0 amide bonds. The van der Waals surface area contributed by atoms with Crippen molar-refractivity contribution in [3.8, 4) is 0 Å². The first kappa shape index (κ1) is 40.1. The Bertz CT molecular complexity index is 1970. The number of aromatic nitrogens is 6. The minimum absolute atomic E-state index is 0.0223. The highest BCUT2D eigenvalue weighted by molar-refractivity contribution is 7.47. The number of ether oxygens (including phenoxy) is 3. The van der Waals surface area contributed by atoms with Gasteiger partial charge in [0, 0.05) is 24.1 Å². The summed E-state index contributed by atoms with van der Waals surface area (Å²) in [6.07, 6.45) is -5.82. The number of phosphoric acid groups is 2. The molecule has 0 saturated carbocycles. The largest absolute Gasteiger partial charge is 0.472 e. The van der Waals surface area contributed by atoms with Crippen LogP contribution in [0.4, 0.5) is 11.6 Å². The summed E-state index contributed by atoms with van der Waals surface area (Å²) in [7, 11) is -10.2. The number of azide groups is 1. The predicted octanol–water partition coefficient (Wildman–Crippen LogP) is -0.875. The highest BCUT2D eigenvalue weighted by Crippen LogP contribution is 2.50. The number of nitrogens with two attached hydrogens (primary N) is 3. The Balaban J connectivity index is 1.32. The van der Waals surface area contributed by atoms with Crippen LogP contribution in [0.3, 0.4) is 0 Å². The van der Waals surface area contributed by atoms with Crippen LogP contribution < -0.4 is 22.9 Å². The van der Waals surface area contributed by atoms with E-state index in [1.165, 1.54) is 23.2 Å². The molecule has 5 rings (SSSR count). The molecule has 0 aromatic carbocycles. The van der Waals surface area contributed by atoms with Crippen LogP contribution in [-0.2, 0) is 41.7 Å². The number of esters is 1. The topological polar surface area (TPSA) is 393 Å². The lowest BCUT2D eigenvalue weighted by atomic mass is 10.1. The van der Waals surface area contributed by atoms with E-state index < -0.39 is 89.5 Å². The van der Waals surface area contributed by atoms with E-state index in [1.54, 1.807) is 0 Å². The predicted molar refractivity (Wildman–Crippen MR) is 175 cm³/mol. The van der Waals surface area contributed by atoms with Crippen molar-refractivity contribution < 1.29 is 61.5 Å². The third-order valence-corrected chi connectivity index (χ3v) is 9.53. The number of phosphoric ester groups is 2. The fourth-order valence-corrected chi connectivity index (χ4v) is 6.83. The van der Waals surface area contributed by atoms with E-state index in [9.17, 15) is 38.5 Å². The third-order valence-electron chi connectivity index (χ3n) is 8.03. The maximum Gasteiger partial charge on any atom is 0.472 e. The lowest BCUT2D eigenvalue weighted by Gasteiger charge is -2.24. The number of fused-ring (bicyclic) bond motifs is 1. The van der Waals surface area contributed by atoms with Gasteiger partial charge in [0.25, 0.3) is 0 Å². The number of aliphatic hydroxyl groups excluding tert-OH is 1. The van der Waals surface area contributed by atoms with E-state index in [-0.39, 0.29) is 42.2 Å². The lowest BCUT2D eigenvalue weighted by molar-refractivity contribution is -0.158. The highest BCUT2D eigenvalue weighted by Gasteiger charge is 2.50. The molecule has 5 heterocycles. The molecule has 2 aliphatic heterocycles. The van der Waals surface area contributed by atoms with E-state index in [0.29, 0.717) is 12.8 Å². The zero-order valence-corrected chi connectivity index (χ0v) is 29.2. The number of imidazole rings is 1. The van der Waals surface area contributed by atoms with Gasteiger partial charge in [0.2, 0.25) is 0 Å². The third kappa shape index (κ3) is 10.1. The summed E-state index contributed by atoms with van der Waals surface area (Å²) in [5.41, 5.74) is 25.3. The second kappa shape index (κ2) is 16.9. The molecular weight excluding hydrogens is 754 g/mol. The number of rotatable bonds is 17. The van der Waals surface area contributed by atoms with Gasteiger partial charge in [-0.1, -0.05) is 11.5 Å². The molecule has 0 bridgehead atoms. The monoisotopic (exact) mass is 790 g/mol. The molecule has 10 N–H and O–H groups in total. The lowest BCUT2D eigenvalue weighted by Crippen LogP contribution is -2.43. The van der Waals surface area contributed by atoms with Crippen LogP contribution in [0.25, 0.3) is 21.6 Å². The van der Waals surface area contributed by atoms with Crippen molar-refractivity contribution in [3.63, 3.8) is 0 Å². The van der Waals surface area contributed by atoms with Crippen molar-refractivity contribution in [3.05, 3.63) is 45.8 Å². The summed E-state index contributed by atoms with van der Waals surface area (Å²) in [4.78, 5) is 73.0. The second-order valence-electron chi connectivity index (χ2n) is 11.7. The molecule has 0 spiro atoms. The van der Waals surface area contributed by atoms with Crippen LogP contribution in [0.5, 0.6) is 0 Å². The van der Waals surface area contributed by atoms with Gasteiger partial charge >= 0.3 is 27.3 Å². The highest BCUT2D eigenvalue weighted by atomic mass is 31.2. The molecular formula is C25H36N12O14P2. The summed E-state index contributed by atoms with van der Waals surface area (Å²) < 4.78 is 59.2. The number of nitrogens with zero attached hydrogens (tertiary/aromatic N) is 9. The normalized spacial score (nSPS) is 26.2. The molecule has 53 heavy (non-hydrogen) atoms. The first-order valence-corrected chi connectivity index (χ1v) is 18.7. The van der Waals surface area contributed by atoms with E-state index in [2.05, 4.69) is 34.5 Å². The van der Waals surface area contributed by atoms with Crippen molar-refractivity contribution in [2.45, 2.75) is 74.7 Å². The van der Waals surface area contributed by atoms with E-state index in [4.69, 9.17) is 46.0 Å². The SMILES string of the molecule is [N-]=[N+]=NCCCC[C@@H](N)C(=O)OC1C(COP(=O)(O)O[C@H]2C[C@H](n3ccc(N)nc3=O)O[C@@H]2COP(=O)(O)O)OC(n2cnc3c(N)ncnc32)C1O. The molecule has 2 saturated heterocycles. The molecule has 0 radical (unpaired) electrons. The van der Waals surface area contributed by atoms with Crippen LogP contribution >= 0.6 is 15.6 Å². The Morgan fingerprint density at radius 3 is 2.58 bits per heavy atom. The zero-order valence-electron chi connectivity index (χ0n) is 27.4. The maximum atomic E-state index is 13.3. The summed E-state index contributed by atoms with van der Waals surface area (Å²) >= 11 is 0. The van der Waals surface area contributed by atoms with Gasteiger partial charge in [0.1, 0.15) is 54.3 Å². The minimum Gasteiger partial charge on any atom is -0.455 e. The Hall–Kier alpha value is -4.13. The van der Waals surface area contributed by atoms with E-state index >= 15 is 0 Å². The first-order chi connectivity index (χ1) is 25.1. The quantitative estimate of drug-likeness (QED) is 0.0218. The Morgan fingerprint density at radius 2 is 1.87 bits per heavy atom. The van der Waals surface area contributed by atoms with Gasteiger partial charge in [-0.25, -0.2) is 28.9 Å². The Kier molecular flexibility index (Phi) is 12.8. The maximum absolute atomic E-state index is 13.3. The Labute approximate surface area is 297 Å². The van der Waals surface area contributed by atoms with Crippen LogP contribution in [0.2, 0.25) is 0 Å². The summed E-state index contributed by atoms with van der Waals surface area (Å²) in [5.74, 6) is -1.03. The molecule has 28 heteroatoms. The molecule has 2 fully saturated rings. The van der Waals surface area contributed by atoms with Gasteiger partial charge in [-0.05, 0) is 24.4 Å². The van der Waals surface area contributed by atoms with Crippen LogP contribution in [0.15, 0.2) is 34.8 Å². The number of nitrogen functional groups attached to an aromatic ring is 2. The minimum atomic E-state index is -5.15. The number of hydrogen-bond donors (Lipinski definition) is 7. The molecule has 5 unspecified atom stereocenters. The van der Waals surface area contributed by atoms with Crippen molar-refractivity contribution in [1.29, 1.82) is 0 Å². The van der Waals surface area contributed by atoms with Crippen molar-refractivity contribution in [2.75, 3.05) is 31.2 Å². The fourth-order valence-electron chi connectivity index (χ4n) is 5.53. The summed E-state index contributed by atoms with van der Waals surface area (Å²) in [5, 5.41) is 14.8. The first-order valence-electron chi connectivity index (χ1n) is 15.7. The number of unbranched alkanes of at least 4 members (excludes halogenated alkanes) is 1. The smallest absolute Gasteiger partial charge is 0.455 e. The molecule has 26 nitrogen and oxygen atoms in total. The van der Waals surface area contributed by atoms with Gasteiger partial charge in [0.15, 0.2) is 23.8 Å². The molecule has 290 valence electrons. The standard InChI is InChI=1S/C25H36N12O14P2/c26-12(3-1-2-5-33-35-29)24(39)50-20-15(49-23(19(20)38)37-11-32-18-21(28)30-10-31-22(18)37)9-47-53(44,45)51-13-7-17(36-6-4-16(27)34-25(36)40)48-14(13)8-46-52(41,42)43/h4,6,10-15,17,19-20,23,38H,1-3,5,7-9,26H2,(H,44,45)(H2,27,34,40)(H2,28,30,31)(H2,41,42,43)/t12-,13+,14-,15?,17-,19?,20?,23?/m1/s1. The second-order valence-corrected chi connectivity index (χ2v) is 14.3. The number of aliphatic hydroxyl groups is 1. The number of carbonyl (C=O) groups excluding carboxylic acids is 1. The van der Waals surface area contributed by atoms with Crippen LogP contribution in [0.1, 0.15) is 38.1 Å². The molecule has 0 aliphatic carbocycles. The Morgan fingerprint density at radius 1 is 1.11 bits per heavy atom. The van der Waals surface area contributed by atoms with E-state index in [1.807, 2.05) is 0 Å². The van der Waals surface area contributed by atoms with Crippen molar-refractivity contribution in [2.24, 2.45) is 10.8 Å². The van der Waals surface area contributed by atoms with Crippen LogP contribution in [0, 0.1) is 0 Å². The van der Waals surface area contributed by atoms with Crippen molar-refractivity contribution in [1.82, 2.24) is 29.1 Å². The van der Waals surface area contributed by atoms with Gasteiger partial charge in [-0.15, -0.1) is 0 Å². The molecule has 3 aromatic heterocycles. The average Bonchev–Trinajstić information content (AvgIpc) is 3.78. The fraction of sp³-hybridized carbons (Fsp3) is 0.600. The van der Waals surface area contributed by atoms with Crippen LogP contribution in [-0.4, -0.2) is 111 Å². The zero-order chi connectivity index (χ0) is 38.5. The molecule has 9 atom stereocenters. The molecule has 3 aromatic rings. The number of hydrogen-bond acceptors (Lipinski definition) is 19. The van der Waals surface area contributed by atoms with Gasteiger partial charge in [0.05, 0.1) is 19.5 Å². The van der Waals surface area contributed by atoms with Gasteiger partial charge in [-0.2, -0.15) is 4.98 Å². The number of carbonyl (C=O) groups is 1. The average molecular weight is 791 g/mol. The summed E-state index contributed by atoms with van der Waals surface area (Å²) in [6.45, 7) is -1.49.